The molecule has 1 heterocycles. The highest BCUT2D eigenvalue weighted by atomic mass is 16.5. The Bertz CT molecular complexity index is 2020. The van der Waals surface area contributed by atoms with Gasteiger partial charge in [0.25, 0.3) is 11.8 Å². The van der Waals surface area contributed by atoms with Crippen LogP contribution in [-0.4, -0.2) is 60.0 Å². The van der Waals surface area contributed by atoms with Crippen LogP contribution >= 0.6 is 0 Å². The number of esters is 2. The van der Waals surface area contributed by atoms with Crippen LogP contribution in [0.2, 0.25) is 0 Å². The smallest absolute Gasteiger partial charge is 0.338 e. The predicted octanol–water partition coefficient (Wildman–Crippen LogP) is 5.05. The number of benzene rings is 5. The van der Waals surface area contributed by atoms with Crippen LogP contribution in [0.5, 0.6) is 0 Å². The van der Waals surface area contributed by atoms with Gasteiger partial charge in [0.15, 0.2) is 13.2 Å². The molecule has 0 N–H and O–H groups in total. The number of fused-ring (bicyclic) bond motifs is 3. The largest absolute Gasteiger partial charge is 0.456 e. The minimum Gasteiger partial charge on any atom is -0.456 e. The third-order valence-electron chi connectivity index (χ3n) is 7.37. The van der Waals surface area contributed by atoms with Gasteiger partial charge in [-0.3, -0.25) is 28.9 Å². The van der Waals surface area contributed by atoms with Gasteiger partial charge in [-0.25, -0.2) is 4.79 Å². The van der Waals surface area contributed by atoms with Gasteiger partial charge >= 0.3 is 11.9 Å². The first kappa shape index (κ1) is 28.2. The monoisotopic (exact) mass is 585 g/mol. The standard InChI is InChI=1S/C35H23NO8/c37-30(26-13-5-9-21-7-1-3-11-24(21)26)19-43-32(39)18-36-33(40)28-16-15-23(17-29(28)34(36)41)35(42)44-20-31(38)27-14-6-10-22-8-2-4-12-25(22)27/h1-17H,18-20H2. The lowest BCUT2D eigenvalue weighted by Crippen LogP contribution is -2.36. The molecule has 0 saturated carbocycles. The topological polar surface area (TPSA) is 124 Å². The zero-order valence-electron chi connectivity index (χ0n) is 23.1. The Morgan fingerprint density at radius 3 is 1.70 bits per heavy atom. The van der Waals surface area contributed by atoms with Crippen LogP contribution in [0.15, 0.2) is 103 Å². The van der Waals surface area contributed by atoms with Crippen LogP contribution in [0.4, 0.5) is 0 Å². The second-order valence-electron chi connectivity index (χ2n) is 10.1. The summed E-state index contributed by atoms with van der Waals surface area (Å²) in [6.07, 6.45) is 0. The van der Waals surface area contributed by atoms with Gasteiger partial charge < -0.3 is 9.47 Å². The van der Waals surface area contributed by atoms with Gasteiger partial charge in [-0.05, 0) is 39.7 Å². The Morgan fingerprint density at radius 2 is 1.09 bits per heavy atom. The number of nitrogens with zero attached hydrogens (tertiary/aromatic N) is 1. The van der Waals surface area contributed by atoms with Gasteiger partial charge in [-0.2, -0.15) is 0 Å². The van der Waals surface area contributed by atoms with Crippen LogP contribution in [0.25, 0.3) is 21.5 Å². The molecule has 0 unspecified atom stereocenters. The molecule has 0 saturated heterocycles. The summed E-state index contributed by atoms with van der Waals surface area (Å²) in [6.45, 7) is -1.80. The second kappa shape index (κ2) is 11.7. The lowest BCUT2D eigenvalue weighted by molar-refractivity contribution is -0.142. The van der Waals surface area contributed by atoms with Crippen molar-refractivity contribution in [3.8, 4) is 0 Å². The SMILES string of the molecule is O=C(CN1C(=O)c2ccc(C(=O)OCC(=O)c3cccc4ccccc34)cc2C1=O)OCC(=O)c1cccc2ccccc12. The fourth-order valence-corrected chi connectivity index (χ4v) is 5.19. The Hall–Kier alpha value is -5.96. The average Bonchev–Trinajstić information content (AvgIpc) is 3.29. The minimum absolute atomic E-state index is 0.00184. The minimum atomic E-state index is -0.945. The molecular formula is C35H23NO8. The lowest BCUT2D eigenvalue weighted by Gasteiger charge is -2.13. The highest BCUT2D eigenvalue weighted by Crippen LogP contribution is 2.25. The number of carbonyl (C=O) groups excluding carboxylic acids is 6. The maximum Gasteiger partial charge on any atom is 0.338 e. The van der Waals surface area contributed by atoms with Crippen LogP contribution in [-0.2, 0) is 14.3 Å². The van der Waals surface area contributed by atoms with E-state index in [1.54, 1.807) is 42.5 Å². The zero-order chi connectivity index (χ0) is 30.8. The Balaban J connectivity index is 1.08. The molecule has 9 heteroatoms. The van der Waals surface area contributed by atoms with Crippen molar-refractivity contribution in [1.29, 1.82) is 0 Å². The Kier molecular flexibility index (Phi) is 7.51. The van der Waals surface area contributed by atoms with E-state index >= 15 is 0 Å². The quantitative estimate of drug-likeness (QED) is 0.134. The fraction of sp³-hybridized carbons (Fsp3) is 0.0857. The molecule has 2 amide bonds. The molecule has 9 nitrogen and oxygen atoms in total. The molecule has 0 aromatic heterocycles. The highest BCUT2D eigenvalue weighted by molar-refractivity contribution is 6.23. The van der Waals surface area contributed by atoms with Crippen LogP contribution in [0.1, 0.15) is 51.8 Å². The summed E-state index contributed by atoms with van der Waals surface area (Å²) in [5, 5.41) is 3.17. The van der Waals surface area contributed by atoms with E-state index in [-0.39, 0.29) is 16.7 Å². The number of Topliss-reactive ketones (excluding diaryl/α,β-unsaturated/α-hetero) is 2. The van der Waals surface area contributed by atoms with E-state index in [0.717, 1.165) is 16.2 Å². The van der Waals surface area contributed by atoms with Gasteiger partial charge in [0.2, 0.25) is 11.6 Å². The maximum absolute atomic E-state index is 13.0. The van der Waals surface area contributed by atoms with Crippen molar-refractivity contribution in [2.24, 2.45) is 0 Å². The molecule has 0 fully saturated rings. The number of amides is 2. The molecule has 0 atom stereocenters. The first-order chi connectivity index (χ1) is 21.3. The molecule has 44 heavy (non-hydrogen) atoms. The molecule has 1 aliphatic heterocycles. The molecular weight excluding hydrogens is 562 g/mol. The van der Waals surface area contributed by atoms with E-state index in [4.69, 9.17) is 9.47 Å². The van der Waals surface area contributed by atoms with E-state index in [1.165, 1.54) is 18.2 Å². The molecule has 0 aliphatic carbocycles. The number of hydrogen-bond acceptors (Lipinski definition) is 8. The normalized spacial score (nSPS) is 12.3. The van der Waals surface area contributed by atoms with Gasteiger partial charge in [0.05, 0.1) is 16.7 Å². The molecule has 0 radical (unpaired) electrons. The van der Waals surface area contributed by atoms with Crippen molar-refractivity contribution < 1.29 is 38.2 Å². The predicted molar refractivity (Wildman–Crippen MR) is 160 cm³/mol. The maximum atomic E-state index is 13.0. The number of hydrogen-bond donors (Lipinski definition) is 0. The van der Waals surface area contributed by atoms with E-state index in [9.17, 15) is 28.8 Å². The first-order valence-corrected chi connectivity index (χ1v) is 13.7. The van der Waals surface area contributed by atoms with Crippen LogP contribution in [0.3, 0.4) is 0 Å². The van der Waals surface area contributed by atoms with Crippen molar-refractivity contribution >= 4 is 56.9 Å². The van der Waals surface area contributed by atoms with E-state index in [0.29, 0.717) is 21.4 Å². The molecule has 0 spiro atoms. The van der Waals surface area contributed by atoms with Gasteiger partial charge in [0.1, 0.15) is 6.54 Å². The summed E-state index contributed by atoms with van der Waals surface area (Å²) >= 11 is 0. The third-order valence-corrected chi connectivity index (χ3v) is 7.37. The van der Waals surface area contributed by atoms with Crippen molar-refractivity contribution in [1.82, 2.24) is 4.90 Å². The van der Waals surface area contributed by atoms with Crippen molar-refractivity contribution in [2.75, 3.05) is 19.8 Å². The molecule has 5 aromatic carbocycles. The number of carbonyl (C=O) groups is 6. The number of rotatable bonds is 9. The van der Waals surface area contributed by atoms with Crippen LogP contribution < -0.4 is 0 Å². The summed E-state index contributed by atoms with van der Waals surface area (Å²) in [5.41, 5.74) is 0.657. The Morgan fingerprint density at radius 1 is 0.568 bits per heavy atom. The summed E-state index contributed by atoms with van der Waals surface area (Å²) in [7, 11) is 0. The van der Waals surface area contributed by atoms with E-state index in [2.05, 4.69) is 0 Å². The lowest BCUT2D eigenvalue weighted by atomic mass is 10.0. The van der Waals surface area contributed by atoms with Crippen LogP contribution in [0, 0.1) is 0 Å². The zero-order valence-corrected chi connectivity index (χ0v) is 23.1. The van der Waals surface area contributed by atoms with Gasteiger partial charge in [-0.1, -0.05) is 84.9 Å². The summed E-state index contributed by atoms with van der Waals surface area (Å²) < 4.78 is 10.3. The molecule has 5 aromatic rings. The van der Waals surface area contributed by atoms with Crippen molar-refractivity contribution in [3.63, 3.8) is 0 Å². The molecule has 1 aliphatic rings. The highest BCUT2D eigenvalue weighted by Gasteiger charge is 2.37. The summed E-state index contributed by atoms with van der Waals surface area (Å²) in [6, 6.07) is 28.9. The van der Waals surface area contributed by atoms with E-state index < -0.39 is 55.1 Å². The Labute approximate surface area is 250 Å². The molecule has 6 rings (SSSR count). The summed E-state index contributed by atoms with van der Waals surface area (Å²) in [4.78, 5) is 77.4. The van der Waals surface area contributed by atoms with E-state index in [1.807, 2.05) is 42.5 Å². The number of ether oxygens (including phenoxy) is 2. The number of imide groups is 1. The number of ketones is 2. The fourth-order valence-electron chi connectivity index (χ4n) is 5.19. The summed E-state index contributed by atoms with van der Waals surface area (Å²) in [5.74, 6) is -4.17. The van der Waals surface area contributed by atoms with Gasteiger partial charge in [0, 0.05) is 11.1 Å². The third kappa shape index (κ3) is 5.34. The van der Waals surface area contributed by atoms with Gasteiger partial charge in [-0.15, -0.1) is 0 Å². The molecule has 0 bridgehead atoms. The molecule has 216 valence electrons. The second-order valence-corrected chi connectivity index (χ2v) is 10.1. The first-order valence-electron chi connectivity index (χ1n) is 13.7. The van der Waals surface area contributed by atoms with Crippen molar-refractivity contribution in [2.45, 2.75) is 0 Å². The van der Waals surface area contributed by atoms with Crippen molar-refractivity contribution in [3.05, 3.63) is 131 Å². The average molecular weight is 586 g/mol.